The Kier molecular flexibility index (Phi) is 5.30. The first kappa shape index (κ1) is 18.7. The highest BCUT2D eigenvalue weighted by Crippen LogP contribution is 2.35. The molecule has 0 spiro atoms. The van der Waals surface area contributed by atoms with Gasteiger partial charge in [-0.05, 0) is 39.0 Å². The standard InChI is InChI=1S/C20H22N2O5/c1-4-26-18-9-14-8-12(2)27-19(14)10-15(18)11-21-20(23)16-6-5-7-17(13(16)3)22(24)25/h5-7,9-10,12H,4,8,11H2,1-3H3,(H,21,23). The third kappa shape index (κ3) is 3.86. The van der Waals surface area contributed by atoms with E-state index in [-0.39, 0.29) is 29.8 Å². The Balaban J connectivity index is 1.81. The molecule has 0 bridgehead atoms. The smallest absolute Gasteiger partial charge is 0.273 e. The highest BCUT2D eigenvalue weighted by Gasteiger charge is 2.23. The van der Waals surface area contributed by atoms with Crippen LogP contribution in [-0.2, 0) is 13.0 Å². The normalized spacial score (nSPS) is 15.0. The van der Waals surface area contributed by atoms with Gasteiger partial charge in [0, 0.05) is 41.3 Å². The van der Waals surface area contributed by atoms with Gasteiger partial charge in [-0.3, -0.25) is 14.9 Å². The Morgan fingerprint density at radius 3 is 2.89 bits per heavy atom. The van der Waals surface area contributed by atoms with Crippen LogP contribution in [0.25, 0.3) is 0 Å². The fourth-order valence-corrected chi connectivity index (χ4v) is 3.25. The molecule has 7 heteroatoms. The summed E-state index contributed by atoms with van der Waals surface area (Å²) in [6.45, 7) is 6.23. The largest absolute Gasteiger partial charge is 0.494 e. The molecule has 1 aliphatic heterocycles. The van der Waals surface area contributed by atoms with E-state index in [0.717, 1.165) is 23.3 Å². The van der Waals surface area contributed by atoms with Crippen LogP contribution >= 0.6 is 0 Å². The molecular weight excluding hydrogens is 348 g/mol. The number of ether oxygens (including phenoxy) is 2. The molecule has 1 unspecified atom stereocenters. The molecule has 1 atom stereocenters. The number of carbonyl (C=O) groups excluding carboxylic acids is 1. The van der Waals surface area contributed by atoms with Crippen molar-refractivity contribution in [2.24, 2.45) is 0 Å². The summed E-state index contributed by atoms with van der Waals surface area (Å²) in [5.74, 6) is 1.15. The zero-order chi connectivity index (χ0) is 19.6. The van der Waals surface area contributed by atoms with E-state index < -0.39 is 4.92 Å². The Hall–Kier alpha value is -3.09. The number of hydrogen-bond acceptors (Lipinski definition) is 5. The predicted molar refractivity (Wildman–Crippen MR) is 100 cm³/mol. The molecule has 27 heavy (non-hydrogen) atoms. The summed E-state index contributed by atoms with van der Waals surface area (Å²) in [4.78, 5) is 23.1. The first-order valence-electron chi connectivity index (χ1n) is 8.88. The number of benzene rings is 2. The van der Waals surface area contributed by atoms with Crippen LogP contribution < -0.4 is 14.8 Å². The quantitative estimate of drug-likeness (QED) is 0.620. The van der Waals surface area contributed by atoms with Gasteiger partial charge in [0.25, 0.3) is 11.6 Å². The second kappa shape index (κ2) is 7.65. The van der Waals surface area contributed by atoms with Gasteiger partial charge >= 0.3 is 0 Å². The first-order valence-corrected chi connectivity index (χ1v) is 8.88. The fraction of sp³-hybridized carbons (Fsp3) is 0.350. The Bertz CT molecular complexity index is 894. The number of nitro benzene ring substituents is 1. The third-order valence-electron chi connectivity index (χ3n) is 4.56. The van der Waals surface area contributed by atoms with Gasteiger partial charge in [0.05, 0.1) is 11.5 Å². The van der Waals surface area contributed by atoms with E-state index in [2.05, 4.69) is 5.32 Å². The molecule has 2 aromatic rings. The van der Waals surface area contributed by atoms with Crippen molar-refractivity contribution in [2.45, 2.75) is 39.8 Å². The zero-order valence-corrected chi connectivity index (χ0v) is 15.6. The molecule has 1 N–H and O–H groups in total. The number of fused-ring (bicyclic) bond motifs is 1. The lowest BCUT2D eigenvalue weighted by Crippen LogP contribution is -2.24. The number of rotatable bonds is 6. The number of hydrogen-bond donors (Lipinski definition) is 1. The minimum atomic E-state index is -0.488. The van der Waals surface area contributed by atoms with E-state index in [1.165, 1.54) is 12.1 Å². The number of amides is 1. The van der Waals surface area contributed by atoms with E-state index in [4.69, 9.17) is 9.47 Å². The van der Waals surface area contributed by atoms with E-state index in [1.807, 2.05) is 26.0 Å². The van der Waals surface area contributed by atoms with Crippen LogP contribution in [0, 0.1) is 17.0 Å². The summed E-state index contributed by atoms with van der Waals surface area (Å²) >= 11 is 0. The Morgan fingerprint density at radius 1 is 1.41 bits per heavy atom. The van der Waals surface area contributed by atoms with E-state index >= 15 is 0 Å². The maximum atomic E-state index is 12.6. The molecule has 0 saturated heterocycles. The molecule has 142 valence electrons. The molecule has 0 aliphatic carbocycles. The molecule has 0 fully saturated rings. The molecule has 7 nitrogen and oxygen atoms in total. The molecule has 1 heterocycles. The molecule has 0 aromatic heterocycles. The summed E-state index contributed by atoms with van der Waals surface area (Å²) < 4.78 is 11.5. The number of nitrogens with zero attached hydrogens (tertiary/aromatic N) is 1. The average Bonchev–Trinajstić information content (AvgIpc) is 2.98. The molecule has 1 amide bonds. The lowest BCUT2D eigenvalue weighted by atomic mass is 10.0. The van der Waals surface area contributed by atoms with Gasteiger partial charge in [0.15, 0.2) is 0 Å². The van der Waals surface area contributed by atoms with Gasteiger partial charge in [-0.25, -0.2) is 0 Å². The minimum absolute atomic E-state index is 0.0717. The van der Waals surface area contributed by atoms with Crippen LogP contribution in [0.15, 0.2) is 30.3 Å². The van der Waals surface area contributed by atoms with Crippen LogP contribution in [0.2, 0.25) is 0 Å². The fourth-order valence-electron chi connectivity index (χ4n) is 3.25. The predicted octanol–water partition coefficient (Wildman–Crippen LogP) is 3.56. The van der Waals surface area contributed by atoms with Crippen molar-refractivity contribution in [2.75, 3.05) is 6.61 Å². The lowest BCUT2D eigenvalue weighted by molar-refractivity contribution is -0.385. The maximum absolute atomic E-state index is 12.6. The summed E-state index contributed by atoms with van der Waals surface area (Å²) in [6, 6.07) is 8.33. The zero-order valence-electron chi connectivity index (χ0n) is 15.6. The molecule has 2 aromatic carbocycles. The number of nitrogens with one attached hydrogen (secondary N) is 1. The third-order valence-corrected chi connectivity index (χ3v) is 4.56. The number of nitro groups is 1. The van der Waals surface area contributed by atoms with Crippen molar-refractivity contribution < 1.29 is 19.2 Å². The summed E-state index contributed by atoms with van der Waals surface area (Å²) in [5.41, 5.74) is 2.46. The van der Waals surface area contributed by atoms with Crippen LogP contribution in [0.3, 0.4) is 0 Å². The van der Waals surface area contributed by atoms with Crippen LogP contribution in [-0.4, -0.2) is 23.5 Å². The van der Waals surface area contributed by atoms with E-state index in [1.54, 1.807) is 13.0 Å². The van der Waals surface area contributed by atoms with Crippen molar-refractivity contribution in [3.05, 3.63) is 62.7 Å². The van der Waals surface area contributed by atoms with Gasteiger partial charge in [-0.1, -0.05) is 6.07 Å². The van der Waals surface area contributed by atoms with Crippen molar-refractivity contribution in [1.29, 1.82) is 0 Å². The van der Waals surface area contributed by atoms with Gasteiger partial charge in [0.2, 0.25) is 0 Å². The average molecular weight is 370 g/mol. The van der Waals surface area contributed by atoms with Crippen LogP contribution in [0.4, 0.5) is 5.69 Å². The first-order chi connectivity index (χ1) is 12.9. The molecule has 3 rings (SSSR count). The summed E-state index contributed by atoms with van der Waals surface area (Å²) in [5, 5.41) is 13.9. The summed E-state index contributed by atoms with van der Waals surface area (Å²) in [6.07, 6.45) is 0.946. The van der Waals surface area contributed by atoms with Crippen LogP contribution in [0.5, 0.6) is 11.5 Å². The van der Waals surface area contributed by atoms with Crippen molar-refractivity contribution in [3.63, 3.8) is 0 Å². The van der Waals surface area contributed by atoms with Crippen molar-refractivity contribution in [3.8, 4) is 11.5 Å². The van der Waals surface area contributed by atoms with Gasteiger partial charge < -0.3 is 14.8 Å². The second-order valence-corrected chi connectivity index (χ2v) is 6.52. The van der Waals surface area contributed by atoms with Gasteiger partial charge in [-0.15, -0.1) is 0 Å². The monoisotopic (exact) mass is 370 g/mol. The SMILES string of the molecule is CCOc1cc2c(cc1CNC(=O)c1cccc([N+](=O)[O-])c1C)OC(C)C2. The Labute approximate surface area is 157 Å². The molecular formula is C20H22N2O5. The molecule has 0 saturated carbocycles. The Morgan fingerprint density at radius 2 is 2.19 bits per heavy atom. The number of carbonyl (C=O) groups is 1. The molecule has 0 radical (unpaired) electrons. The van der Waals surface area contributed by atoms with Crippen molar-refractivity contribution in [1.82, 2.24) is 5.32 Å². The van der Waals surface area contributed by atoms with Crippen LogP contribution in [0.1, 0.15) is 40.9 Å². The highest BCUT2D eigenvalue weighted by atomic mass is 16.6. The second-order valence-electron chi connectivity index (χ2n) is 6.52. The van der Waals surface area contributed by atoms with Gasteiger partial charge in [0.1, 0.15) is 17.6 Å². The van der Waals surface area contributed by atoms with Gasteiger partial charge in [-0.2, -0.15) is 0 Å². The minimum Gasteiger partial charge on any atom is -0.494 e. The van der Waals surface area contributed by atoms with E-state index in [9.17, 15) is 14.9 Å². The molecule has 1 aliphatic rings. The van der Waals surface area contributed by atoms with Crippen molar-refractivity contribution >= 4 is 11.6 Å². The van der Waals surface area contributed by atoms with E-state index in [0.29, 0.717) is 17.9 Å². The highest BCUT2D eigenvalue weighted by molar-refractivity contribution is 5.96. The maximum Gasteiger partial charge on any atom is 0.273 e. The topological polar surface area (TPSA) is 90.7 Å². The summed E-state index contributed by atoms with van der Waals surface area (Å²) in [7, 11) is 0. The lowest BCUT2D eigenvalue weighted by Gasteiger charge is -2.14.